The number of rotatable bonds is 8. The van der Waals surface area contributed by atoms with E-state index in [1.54, 1.807) is 0 Å². The van der Waals surface area contributed by atoms with Gasteiger partial charge < -0.3 is 19.9 Å². The van der Waals surface area contributed by atoms with Crippen LogP contribution in [-0.4, -0.2) is 34.0 Å². The van der Waals surface area contributed by atoms with E-state index in [2.05, 4.69) is 4.98 Å². The number of para-hydroxylation sites is 1. The Hall–Kier alpha value is -3.90. The number of aryl methyl sites for hydroxylation is 1. The van der Waals surface area contributed by atoms with Gasteiger partial charge in [0.05, 0.1) is 11.4 Å². The highest BCUT2D eigenvalue weighted by molar-refractivity contribution is 6.11. The lowest BCUT2D eigenvalue weighted by atomic mass is 10.0. The average Bonchev–Trinajstić information content (AvgIpc) is 3.27. The first-order valence-corrected chi connectivity index (χ1v) is 10.2. The molecule has 164 valence electrons. The van der Waals surface area contributed by atoms with Gasteiger partial charge in [-0.1, -0.05) is 48.5 Å². The molecule has 0 radical (unpaired) electrons. The second kappa shape index (κ2) is 10.9. The third-order valence-corrected chi connectivity index (χ3v) is 4.97. The van der Waals surface area contributed by atoms with E-state index in [9.17, 15) is 4.79 Å². The number of nitrogens with one attached hydrogen (secondary N) is 2. The van der Waals surface area contributed by atoms with Crippen molar-refractivity contribution in [1.29, 1.82) is 5.41 Å². The number of aromatic amines is 1. The van der Waals surface area contributed by atoms with E-state index < -0.39 is 5.97 Å². The van der Waals surface area contributed by atoms with Crippen LogP contribution < -0.4 is 4.74 Å². The second-order valence-electron chi connectivity index (χ2n) is 7.17. The number of aromatic nitrogens is 1. The SMILES string of the molecule is CO.N=C(c1cccc(COc2ccc(CCC(=O)O)cc2)c1)c1cc2ccccc2[nH]1. The van der Waals surface area contributed by atoms with Gasteiger partial charge in [0.2, 0.25) is 0 Å². The number of hydrogen-bond donors (Lipinski definition) is 4. The number of carboxylic acids is 1. The number of hydrogen-bond acceptors (Lipinski definition) is 4. The van der Waals surface area contributed by atoms with Gasteiger partial charge in [-0.2, -0.15) is 0 Å². The highest BCUT2D eigenvalue weighted by Crippen LogP contribution is 2.19. The van der Waals surface area contributed by atoms with Gasteiger partial charge in [-0.15, -0.1) is 0 Å². The van der Waals surface area contributed by atoms with Gasteiger partial charge in [0.15, 0.2) is 0 Å². The molecule has 1 heterocycles. The van der Waals surface area contributed by atoms with Crippen LogP contribution in [0.5, 0.6) is 5.75 Å². The molecule has 6 nitrogen and oxygen atoms in total. The van der Waals surface area contributed by atoms with Crippen LogP contribution in [0.4, 0.5) is 0 Å². The molecule has 4 N–H and O–H groups in total. The Balaban J connectivity index is 0.00000141. The Labute approximate surface area is 186 Å². The number of aliphatic hydroxyl groups is 1. The molecule has 0 saturated carbocycles. The lowest BCUT2D eigenvalue weighted by molar-refractivity contribution is -0.136. The first-order valence-electron chi connectivity index (χ1n) is 10.2. The molecule has 4 aromatic rings. The molecule has 0 aliphatic heterocycles. The molecule has 0 amide bonds. The third kappa shape index (κ3) is 5.83. The quantitative estimate of drug-likeness (QED) is 0.302. The van der Waals surface area contributed by atoms with E-state index in [1.165, 1.54) is 0 Å². The van der Waals surface area contributed by atoms with Gasteiger partial charge in [-0.25, -0.2) is 0 Å². The molecule has 0 fully saturated rings. The molecule has 0 bridgehead atoms. The van der Waals surface area contributed by atoms with E-state index in [1.807, 2.05) is 78.9 Å². The van der Waals surface area contributed by atoms with Crippen LogP contribution >= 0.6 is 0 Å². The Morgan fingerprint density at radius 1 is 0.938 bits per heavy atom. The van der Waals surface area contributed by atoms with Gasteiger partial charge in [-0.05, 0) is 47.9 Å². The van der Waals surface area contributed by atoms with Crippen LogP contribution in [0, 0.1) is 5.41 Å². The number of H-pyrrole nitrogens is 1. The topological polar surface area (TPSA) is 106 Å². The molecule has 0 aliphatic carbocycles. The molecular weight excluding hydrogens is 404 g/mol. The maximum absolute atomic E-state index is 10.7. The van der Waals surface area contributed by atoms with Crippen molar-refractivity contribution in [3.8, 4) is 5.75 Å². The molecule has 0 atom stereocenters. The minimum atomic E-state index is -0.798. The zero-order valence-electron chi connectivity index (χ0n) is 17.8. The summed E-state index contributed by atoms with van der Waals surface area (Å²) in [6.45, 7) is 0.391. The molecule has 3 aromatic carbocycles. The fraction of sp³-hybridized carbons (Fsp3) is 0.154. The van der Waals surface area contributed by atoms with Crippen molar-refractivity contribution >= 4 is 22.6 Å². The van der Waals surface area contributed by atoms with Gasteiger partial charge in [0.25, 0.3) is 0 Å². The van der Waals surface area contributed by atoms with Crippen LogP contribution in [0.3, 0.4) is 0 Å². The summed E-state index contributed by atoms with van der Waals surface area (Å²) < 4.78 is 5.87. The molecular formula is C26H26N2O4. The van der Waals surface area contributed by atoms with E-state index in [0.717, 1.165) is 46.1 Å². The van der Waals surface area contributed by atoms with Crippen LogP contribution in [0.2, 0.25) is 0 Å². The van der Waals surface area contributed by atoms with Gasteiger partial charge >= 0.3 is 5.97 Å². The summed E-state index contributed by atoms with van der Waals surface area (Å²) in [5.41, 5.74) is 5.01. The zero-order valence-corrected chi connectivity index (χ0v) is 17.8. The van der Waals surface area contributed by atoms with Crippen molar-refractivity contribution in [2.45, 2.75) is 19.4 Å². The summed E-state index contributed by atoms with van der Waals surface area (Å²) in [4.78, 5) is 14.0. The Bertz CT molecular complexity index is 1160. The number of benzene rings is 3. The third-order valence-electron chi connectivity index (χ3n) is 4.97. The molecule has 6 heteroatoms. The minimum Gasteiger partial charge on any atom is -0.489 e. The normalized spacial score (nSPS) is 10.3. The van der Waals surface area contributed by atoms with Crippen molar-refractivity contribution < 1.29 is 19.7 Å². The monoisotopic (exact) mass is 430 g/mol. The maximum atomic E-state index is 10.7. The van der Waals surface area contributed by atoms with Gasteiger partial charge in [0.1, 0.15) is 12.4 Å². The molecule has 0 saturated heterocycles. The van der Waals surface area contributed by atoms with Crippen molar-refractivity contribution in [3.63, 3.8) is 0 Å². The Morgan fingerprint density at radius 2 is 1.69 bits per heavy atom. The van der Waals surface area contributed by atoms with Gasteiger partial charge in [0, 0.05) is 30.0 Å². The van der Waals surface area contributed by atoms with Crippen LogP contribution in [0.1, 0.15) is 28.8 Å². The summed E-state index contributed by atoms with van der Waals surface area (Å²) in [5.74, 6) is -0.0709. The van der Waals surface area contributed by atoms with Crippen LogP contribution in [-0.2, 0) is 17.8 Å². The summed E-state index contributed by atoms with van der Waals surface area (Å²) in [5, 5.41) is 25.4. The van der Waals surface area contributed by atoms with Crippen molar-refractivity contribution in [2.75, 3.05) is 7.11 Å². The predicted molar refractivity (Wildman–Crippen MR) is 126 cm³/mol. The summed E-state index contributed by atoms with van der Waals surface area (Å²) in [6.07, 6.45) is 0.628. The molecule has 0 aliphatic rings. The number of aliphatic hydroxyl groups excluding tert-OH is 1. The van der Waals surface area contributed by atoms with Gasteiger partial charge in [-0.3, -0.25) is 10.2 Å². The fourth-order valence-electron chi connectivity index (χ4n) is 3.35. The molecule has 0 spiro atoms. The Kier molecular flexibility index (Phi) is 7.78. The van der Waals surface area contributed by atoms with Crippen molar-refractivity contribution in [2.24, 2.45) is 0 Å². The molecule has 0 unspecified atom stereocenters. The Morgan fingerprint density at radius 3 is 2.41 bits per heavy atom. The lowest BCUT2D eigenvalue weighted by Crippen LogP contribution is -2.03. The van der Waals surface area contributed by atoms with Crippen LogP contribution in [0.15, 0.2) is 78.9 Å². The van der Waals surface area contributed by atoms with E-state index >= 15 is 0 Å². The molecule has 4 rings (SSSR count). The predicted octanol–water partition coefficient (Wildman–Crippen LogP) is 4.79. The van der Waals surface area contributed by atoms with E-state index in [4.69, 9.17) is 20.4 Å². The average molecular weight is 431 g/mol. The van der Waals surface area contributed by atoms with Crippen molar-refractivity contribution in [3.05, 3.63) is 101 Å². The number of fused-ring (bicyclic) bond motifs is 1. The molecule has 1 aromatic heterocycles. The molecule has 32 heavy (non-hydrogen) atoms. The van der Waals surface area contributed by atoms with Crippen LogP contribution in [0.25, 0.3) is 10.9 Å². The van der Waals surface area contributed by atoms with Crippen molar-refractivity contribution in [1.82, 2.24) is 4.98 Å². The van der Waals surface area contributed by atoms with E-state index in [0.29, 0.717) is 18.7 Å². The smallest absolute Gasteiger partial charge is 0.303 e. The lowest BCUT2D eigenvalue weighted by Gasteiger charge is -2.09. The summed E-state index contributed by atoms with van der Waals surface area (Å²) >= 11 is 0. The first-order chi connectivity index (χ1) is 15.6. The van der Waals surface area contributed by atoms with E-state index in [-0.39, 0.29) is 6.42 Å². The largest absolute Gasteiger partial charge is 0.489 e. The number of carbonyl (C=O) groups is 1. The zero-order chi connectivity index (χ0) is 22.9. The highest BCUT2D eigenvalue weighted by Gasteiger charge is 2.09. The first kappa shape index (κ1) is 22.8. The number of ether oxygens (including phenoxy) is 1. The number of carboxylic acid groups (broad SMARTS) is 1. The fourth-order valence-corrected chi connectivity index (χ4v) is 3.35. The maximum Gasteiger partial charge on any atom is 0.303 e. The summed E-state index contributed by atoms with van der Waals surface area (Å²) in [6, 6.07) is 25.3. The second-order valence-corrected chi connectivity index (χ2v) is 7.17. The summed E-state index contributed by atoms with van der Waals surface area (Å²) in [7, 11) is 1.00. The highest BCUT2D eigenvalue weighted by atomic mass is 16.5. The minimum absolute atomic E-state index is 0.120. The number of aliphatic carboxylic acids is 1. The standard InChI is InChI=1S/C25H22N2O3.CH4O/c26-25(23-15-19-5-1-2-7-22(19)27-23)20-6-3-4-18(14-20)16-30-21-11-8-17(9-12-21)10-13-24(28)29;1-2/h1-9,11-12,14-15,26-27H,10,13,16H2,(H,28,29);2H,1H3.